The van der Waals surface area contributed by atoms with Crippen LogP contribution >= 0.6 is 0 Å². The van der Waals surface area contributed by atoms with E-state index in [0.29, 0.717) is 0 Å². The van der Waals surface area contributed by atoms with E-state index >= 15 is 0 Å². The van der Waals surface area contributed by atoms with Crippen LogP contribution in [-0.2, 0) is 14.3 Å². The predicted molar refractivity (Wildman–Crippen MR) is 125 cm³/mol. The van der Waals surface area contributed by atoms with Crippen molar-refractivity contribution in [2.24, 2.45) is 5.92 Å². The molecule has 1 aliphatic carbocycles. The molecular formula is C26H24N2O7. The molecular weight excluding hydrogens is 452 g/mol. The Bertz CT molecular complexity index is 1240. The Morgan fingerprint density at radius 1 is 1.03 bits per heavy atom. The number of anilines is 1. The van der Waals surface area contributed by atoms with Crippen LogP contribution in [0, 0.1) is 5.92 Å². The van der Waals surface area contributed by atoms with Gasteiger partial charge >= 0.3 is 12.1 Å². The van der Waals surface area contributed by atoms with Crippen LogP contribution in [0.3, 0.4) is 0 Å². The van der Waals surface area contributed by atoms with E-state index in [-0.39, 0.29) is 37.2 Å². The molecule has 0 spiro atoms. The lowest BCUT2D eigenvalue weighted by molar-refractivity contribution is -0.142. The maximum atomic E-state index is 13.0. The third kappa shape index (κ3) is 4.15. The summed E-state index contributed by atoms with van der Waals surface area (Å²) < 4.78 is 16.1. The highest BCUT2D eigenvalue weighted by Crippen LogP contribution is 2.44. The minimum Gasteiger partial charge on any atom is -0.481 e. The molecule has 9 heteroatoms. The van der Waals surface area contributed by atoms with Crippen molar-refractivity contribution in [1.82, 2.24) is 4.90 Å². The minimum absolute atomic E-state index is 0.0284. The third-order valence-corrected chi connectivity index (χ3v) is 6.63. The molecule has 0 saturated carbocycles. The zero-order chi connectivity index (χ0) is 24.5. The molecule has 1 fully saturated rings. The van der Waals surface area contributed by atoms with Crippen LogP contribution in [0.15, 0.2) is 65.3 Å². The number of nitrogens with zero attached hydrogens (tertiary/aromatic N) is 1. The van der Waals surface area contributed by atoms with Gasteiger partial charge < -0.3 is 23.9 Å². The van der Waals surface area contributed by atoms with Gasteiger partial charge in [-0.1, -0.05) is 48.5 Å². The Morgan fingerprint density at radius 2 is 1.69 bits per heavy atom. The summed E-state index contributed by atoms with van der Waals surface area (Å²) in [5.41, 5.74) is 4.57. The molecule has 0 radical (unpaired) electrons. The number of hydrogen-bond acceptors (Lipinski definition) is 6. The number of rotatable bonds is 6. The first-order valence-electron chi connectivity index (χ1n) is 11.2. The Morgan fingerprint density at radius 3 is 2.34 bits per heavy atom. The number of carboxylic acids is 1. The number of fused-ring (bicyclic) bond motifs is 3. The summed E-state index contributed by atoms with van der Waals surface area (Å²) in [6, 6.07) is 16.9. The van der Waals surface area contributed by atoms with Crippen LogP contribution < -0.4 is 5.32 Å². The van der Waals surface area contributed by atoms with Gasteiger partial charge in [-0.3, -0.25) is 14.9 Å². The van der Waals surface area contributed by atoms with E-state index in [1.54, 1.807) is 0 Å². The Labute approximate surface area is 201 Å². The lowest BCUT2D eigenvalue weighted by atomic mass is 9.98. The summed E-state index contributed by atoms with van der Waals surface area (Å²) in [6.45, 7) is 0.260. The molecule has 2 atom stereocenters. The number of aliphatic carboxylic acids is 1. The van der Waals surface area contributed by atoms with Gasteiger partial charge in [-0.2, -0.15) is 0 Å². The Balaban J connectivity index is 1.26. The predicted octanol–water partition coefficient (Wildman–Crippen LogP) is 3.81. The van der Waals surface area contributed by atoms with Crippen LogP contribution in [0.5, 0.6) is 0 Å². The first-order chi connectivity index (χ1) is 17.0. The van der Waals surface area contributed by atoms with Crippen LogP contribution in [-0.4, -0.2) is 60.9 Å². The summed E-state index contributed by atoms with van der Waals surface area (Å²) in [7, 11) is 1.48. The van der Waals surface area contributed by atoms with Gasteiger partial charge in [0.15, 0.2) is 0 Å². The zero-order valence-corrected chi connectivity index (χ0v) is 19.0. The van der Waals surface area contributed by atoms with E-state index in [9.17, 15) is 19.5 Å². The van der Waals surface area contributed by atoms with Gasteiger partial charge in [-0.15, -0.1) is 0 Å². The van der Waals surface area contributed by atoms with Gasteiger partial charge in [0.1, 0.15) is 12.5 Å². The van der Waals surface area contributed by atoms with Gasteiger partial charge in [0.05, 0.1) is 31.2 Å². The van der Waals surface area contributed by atoms with Gasteiger partial charge in [0, 0.05) is 19.0 Å². The number of hydrogen-bond donors (Lipinski definition) is 2. The molecule has 1 saturated heterocycles. The first-order valence-corrected chi connectivity index (χ1v) is 11.2. The summed E-state index contributed by atoms with van der Waals surface area (Å²) in [6.07, 6.45) is 0.553. The van der Waals surface area contributed by atoms with Gasteiger partial charge in [0.25, 0.3) is 5.91 Å². The fourth-order valence-corrected chi connectivity index (χ4v) is 4.79. The van der Waals surface area contributed by atoms with Crippen LogP contribution in [0.2, 0.25) is 0 Å². The van der Waals surface area contributed by atoms with Crippen LogP contribution in [0.1, 0.15) is 27.6 Å². The van der Waals surface area contributed by atoms with Crippen LogP contribution in [0.25, 0.3) is 11.1 Å². The number of amides is 2. The second kappa shape index (κ2) is 9.27. The van der Waals surface area contributed by atoms with Crippen molar-refractivity contribution in [2.45, 2.75) is 12.0 Å². The summed E-state index contributed by atoms with van der Waals surface area (Å²) in [5.74, 6) is -2.65. The lowest BCUT2D eigenvalue weighted by Gasteiger charge is -2.25. The van der Waals surface area contributed by atoms with E-state index < -0.39 is 29.9 Å². The molecule has 180 valence electrons. The van der Waals surface area contributed by atoms with Crippen molar-refractivity contribution in [3.8, 4) is 11.1 Å². The number of ether oxygens (including phenoxy) is 2. The van der Waals surface area contributed by atoms with E-state index in [1.807, 2.05) is 36.4 Å². The monoisotopic (exact) mass is 476 g/mol. The molecule has 2 N–H and O–H groups in total. The van der Waals surface area contributed by atoms with E-state index in [2.05, 4.69) is 17.4 Å². The van der Waals surface area contributed by atoms with Crippen molar-refractivity contribution in [2.75, 3.05) is 32.2 Å². The number of carbonyl (C=O) groups is 3. The molecule has 2 amide bonds. The summed E-state index contributed by atoms with van der Waals surface area (Å²) >= 11 is 0. The highest BCUT2D eigenvalue weighted by molar-refractivity contribution is 6.00. The smallest absolute Gasteiger partial charge is 0.411 e. The molecule has 5 rings (SSSR count). The maximum absolute atomic E-state index is 13.0. The largest absolute Gasteiger partial charge is 0.481 e. The molecule has 2 unspecified atom stereocenters. The maximum Gasteiger partial charge on any atom is 0.411 e. The molecule has 0 bridgehead atoms. The standard InChI is InChI=1S/C26H24N2O7/c1-28(22-14-33-12-20(22)25(30)31)24(29)23-21(10-11-34-23)27-26(32)35-13-19-17-8-4-2-6-15(17)16-7-3-5-9-18(16)19/h2-11,19-20,22H,12-14H2,1H3,(H,27,32)(H,30,31). The quantitative estimate of drug-likeness (QED) is 0.555. The van der Waals surface area contributed by atoms with E-state index in [4.69, 9.17) is 13.9 Å². The molecule has 2 aromatic carbocycles. The number of benzene rings is 2. The average Bonchev–Trinajstić information content (AvgIpc) is 3.60. The fourth-order valence-electron chi connectivity index (χ4n) is 4.79. The van der Waals surface area contributed by atoms with E-state index in [1.165, 1.54) is 24.3 Å². The van der Waals surface area contributed by atoms with Crippen molar-refractivity contribution in [1.29, 1.82) is 0 Å². The third-order valence-electron chi connectivity index (χ3n) is 6.63. The van der Waals surface area contributed by atoms with Crippen molar-refractivity contribution in [3.05, 3.63) is 77.7 Å². The molecule has 1 aliphatic heterocycles. The van der Waals surface area contributed by atoms with Gasteiger partial charge in [-0.25, -0.2) is 4.79 Å². The molecule has 9 nitrogen and oxygen atoms in total. The normalized spacial score (nSPS) is 18.5. The Kier molecular flexibility index (Phi) is 6.00. The molecule has 2 heterocycles. The van der Waals surface area contributed by atoms with Crippen LogP contribution in [0.4, 0.5) is 10.5 Å². The molecule has 1 aromatic heterocycles. The van der Waals surface area contributed by atoms with Crippen molar-refractivity contribution >= 4 is 23.7 Å². The lowest BCUT2D eigenvalue weighted by Crippen LogP contribution is -2.44. The fraction of sp³-hybridized carbons (Fsp3) is 0.269. The first kappa shape index (κ1) is 22.7. The molecule has 35 heavy (non-hydrogen) atoms. The number of nitrogens with one attached hydrogen (secondary N) is 1. The highest BCUT2D eigenvalue weighted by atomic mass is 16.5. The van der Waals surface area contributed by atoms with E-state index in [0.717, 1.165) is 22.3 Å². The Hall–Kier alpha value is -4.11. The van der Waals surface area contributed by atoms with Crippen molar-refractivity contribution in [3.63, 3.8) is 0 Å². The number of carboxylic acid groups (broad SMARTS) is 1. The topological polar surface area (TPSA) is 118 Å². The summed E-state index contributed by atoms with van der Waals surface area (Å²) in [5, 5.41) is 11.9. The highest BCUT2D eigenvalue weighted by Gasteiger charge is 2.40. The number of likely N-dealkylation sites (N-methyl/N-ethyl adjacent to an activating group) is 1. The second-order valence-corrected chi connectivity index (χ2v) is 8.58. The van der Waals surface area contributed by atoms with Gasteiger partial charge in [0.2, 0.25) is 5.76 Å². The number of carbonyl (C=O) groups excluding carboxylic acids is 2. The second-order valence-electron chi connectivity index (χ2n) is 8.58. The molecule has 3 aromatic rings. The minimum atomic E-state index is -1.04. The van der Waals surface area contributed by atoms with Gasteiger partial charge in [-0.05, 0) is 22.3 Å². The number of furan rings is 1. The zero-order valence-electron chi connectivity index (χ0n) is 19.0. The SMILES string of the molecule is CN(C(=O)c1occc1NC(=O)OCC1c2ccccc2-c2ccccc21)C1COCC1C(=O)O. The summed E-state index contributed by atoms with van der Waals surface area (Å²) in [4.78, 5) is 38.4. The molecule has 2 aliphatic rings. The average molecular weight is 476 g/mol. The van der Waals surface area contributed by atoms with Crippen molar-refractivity contribution < 1.29 is 33.4 Å².